The van der Waals surface area contributed by atoms with Gasteiger partial charge in [0.25, 0.3) is 0 Å². The molecule has 0 bridgehead atoms. The minimum atomic E-state index is 0.100. The van der Waals surface area contributed by atoms with Crippen molar-refractivity contribution < 1.29 is 5.11 Å². The lowest BCUT2D eigenvalue weighted by Crippen LogP contribution is -2.23. The van der Waals surface area contributed by atoms with Crippen LogP contribution in [0.1, 0.15) is 32.3 Å². The number of aliphatic hydroxyl groups is 1. The molecule has 0 saturated heterocycles. The summed E-state index contributed by atoms with van der Waals surface area (Å²) < 4.78 is 0. The highest BCUT2D eigenvalue weighted by atomic mass is 16.2. The maximum Gasteiger partial charge on any atom is 0.0992 e. The summed E-state index contributed by atoms with van der Waals surface area (Å²) in [7, 11) is 0. The van der Waals surface area contributed by atoms with Crippen molar-refractivity contribution in [3.8, 4) is 6.07 Å². The van der Waals surface area contributed by atoms with Crippen LogP contribution in [0.5, 0.6) is 0 Å². The zero-order valence-corrected chi connectivity index (χ0v) is 11.0. The van der Waals surface area contributed by atoms with Gasteiger partial charge in [0.15, 0.2) is 0 Å². The Labute approximate surface area is 108 Å². The van der Waals surface area contributed by atoms with E-state index in [0.717, 1.165) is 25.1 Å². The normalized spacial score (nSPS) is 11.0. The van der Waals surface area contributed by atoms with Gasteiger partial charge >= 0.3 is 0 Å². The zero-order valence-electron chi connectivity index (χ0n) is 11.0. The van der Waals surface area contributed by atoms with Gasteiger partial charge in [0.2, 0.25) is 0 Å². The highest BCUT2D eigenvalue weighted by molar-refractivity contribution is 5.68. The van der Waals surface area contributed by atoms with E-state index < -0.39 is 0 Å². The summed E-state index contributed by atoms with van der Waals surface area (Å²) in [6.07, 6.45) is 1.75. The van der Waals surface area contributed by atoms with E-state index in [0.29, 0.717) is 11.3 Å². The van der Waals surface area contributed by atoms with Crippen LogP contribution in [-0.2, 0) is 0 Å². The van der Waals surface area contributed by atoms with Gasteiger partial charge in [-0.25, -0.2) is 0 Å². The van der Waals surface area contributed by atoms with E-state index in [9.17, 15) is 0 Å². The van der Waals surface area contributed by atoms with E-state index in [2.05, 4.69) is 25.2 Å². The quantitative estimate of drug-likeness (QED) is 0.674. The summed E-state index contributed by atoms with van der Waals surface area (Å²) in [6, 6.07) is 7.31. The fourth-order valence-electron chi connectivity index (χ4n) is 1.77. The highest BCUT2D eigenvalue weighted by Crippen LogP contribution is 2.25. The van der Waals surface area contributed by atoms with E-state index in [1.54, 1.807) is 12.1 Å². The van der Waals surface area contributed by atoms with Crippen LogP contribution >= 0.6 is 0 Å². The first-order valence-electron chi connectivity index (χ1n) is 6.13. The Morgan fingerprint density at radius 1 is 1.44 bits per heavy atom. The number of nitrogens with two attached hydrogens (primary N) is 1. The average Bonchev–Trinajstić information content (AvgIpc) is 2.35. The molecule has 98 valence electrons. The molecule has 0 aliphatic carbocycles. The number of nitrogen functional groups attached to an aromatic ring is 1. The number of nitrogens with zero attached hydrogens (tertiary/aromatic N) is 1. The maximum absolute atomic E-state index is 8.85. The number of nitrogens with one attached hydrogen (secondary N) is 1. The lowest BCUT2D eigenvalue weighted by molar-refractivity contribution is 0.248. The molecule has 4 heteroatoms. The molecule has 0 atom stereocenters. The van der Waals surface area contributed by atoms with Crippen molar-refractivity contribution in [2.45, 2.75) is 26.7 Å². The first kappa shape index (κ1) is 14.3. The van der Waals surface area contributed by atoms with Gasteiger partial charge in [-0.15, -0.1) is 0 Å². The van der Waals surface area contributed by atoms with Gasteiger partial charge in [0, 0.05) is 13.2 Å². The predicted octanol–water partition coefficient (Wildman–Crippen LogP) is 2.35. The number of rotatable bonds is 6. The van der Waals surface area contributed by atoms with Gasteiger partial charge < -0.3 is 16.2 Å². The Bertz CT molecular complexity index is 435. The van der Waals surface area contributed by atoms with E-state index >= 15 is 0 Å². The topological polar surface area (TPSA) is 82.1 Å². The molecule has 0 unspecified atom stereocenters. The molecular weight excluding hydrogens is 226 g/mol. The largest absolute Gasteiger partial charge is 0.397 e. The third kappa shape index (κ3) is 4.27. The Morgan fingerprint density at radius 3 is 2.72 bits per heavy atom. The second kappa shape index (κ2) is 6.27. The van der Waals surface area contributed by atoms with E-state index in [1.807, 2.05) is 6.07 Å². The monoisotopic (exact) mass is 247 g/mol. The van der Waals surface area contributed by atoms with Crippen LogP contribution in [0.4, 0.5) is 11.4 Å². The summed E-state index contributed by atoms with van der Waals surface area (Å²) in [4.78, 5) is 0. The minimum Gasteiger partial charge on any atom is -0.397 e. The molecule has 0 aliphatic rings. The number of hydrogen-bond donors (Lipinski definition) is 3. The summed E-state index contributed by atoms with van der Waals surface area (Å²) in [5, 5.41) is 20.9. The first-order chi connectivity index (χ1) is 8.48. The van der Waals surface area contributed by atoms with Crippen molar-refractivity contribution in [2.24, 2.45) is 5.41 Å². The molecule has 0 saturated carbocycles. The van der Waals surface area contributed by atoms with Crippen LogP contribution in [0.25, 0.3) is 0 Å². The van der Waals surface area contributed by atoms with Crippen molar-refractivity contribution in [3.05, 3.63) is 23.8 Å². The molecule has 0 radical (unpaired) electrons. The number of aliphatic hydroxyl groups excluding tert-OH is 1. The highest BCUT2D eigenvalue weighted by Gasteiger charge is 2.17. The van der Waals surface area contributed by atoms with Gasteiger partial charge in [0.1, 0.15) is 0 Å². The summed E-state index contributed by atoms with van der Waals surface area (Å²) in [6.45, 7) is 5.30. The second-order valence-corrected chi connectivity index (χ2v) is 5.26. The third-order valence-corrected chi connectivity index (χ3v) is 2.95. The predicted molar refractivity (Wildman–Crippen MR) is 74.2 cm³/mol. The van der Waals surface area contributed by atoms with Crippen molar-refractivity contribution >= 4 is 11.4 Å². The van der Waals surface area contributed by atoms with Crippen molar-refractivity contribution in [1.82, 2.24) is 0 Å². The smallest absolute Gasteiger partial charge is 0.0992 e. The Balaban J connectivity index is 2.61. The summed E-state index contributed by atoms with van der Waals surface area (Å²) >= 11 is 0. The minimum absolute atomic E-state index is 0.100. The molecule has 0 heterocycles. The fraction of sp³-hybridized carbons (Fsp3) is 0.500. The zero-order chi connectivity index (χ0) is 13.6. The lowest BCUT2D eigenvalue weighted by atomic mass is 9.88. The third-order valence-electron chi connectivity index (χ3n) is 2.95. The molecule has 1 aromatic carbocycles. The van der Waals surface area contributed by atoms with Crippen LogP contribution in [-0.4, -0.2) is 18.3 Å². The summed E-state index contributed by atoms with van der Waals surface area (Å²) in [5.41, 5.74) is 7.98. The van der Waals surface area contributed by atoms with E-state index in [4.69, 9.17) is 16.1 Å². The SMILES string of the molecule is CC(C)(CCCO)CNc1ccc(C#N)cc1N. The molecular formula is C14H21N3O. The van der Waals surface area contributed by atoms with Crippen LogP contribution in [0.3, 0.4) is 0 Å². The Kier molecular flexibility index (Phi) is 4.99. The number of anilines is 2. The van der Waals surface area contributed by atoms with Gasteiger partial charge in [0.05, 0.1) is 23.0 Å². The van der Waals surface area contributed by atoms with E-state index in [1.165, 1.54) is 0 Å². The molecule has 4 N–H and O–H groups in total. The van der Waals surface area contributed by atoms with Crippen LogP contribution in [0.2, 0.25) is 0 Å². The van der Waals surface area contributed by atoms with Gasteiger partial charge in [-0.05, 0) is 36.5 Å². The fourth-order valence-corrected chi connectivity index (χ4v) is 1.77. The molecule has 1 rings (SSSR count). The Morgan fingerprint density at radius 2 is 2.17 bits per heavy atom. The Hall–Kier alpha value is -1.73. The summed E-state index contributed by atoms with van der Waals surface area (Å²) in [5.74, 6) is 0. The number of hydrogen-bond acceptors (Lipinski definition) is 4. The number of nitriles is 1. The molecule has 18 heavy (non-hydrogen) atoms. The van der Waals surface area contributed by atoms with Crippen LogP contribution < -0.4 is 11.1 Å². The molecule has 0 aromatic heterocycles. The van der Waals surface area contributed by atoms with E-state index in [-0.39, 0.29) is 12.0 Å². The maximum atomic E-state index is 8.85. The standard InChI is InChI=1S/C14H21N3O/c1-14(2,6-3-7-18)10-17-13-5-4-11(9-15)8-12(13)16/h4-5,8,17-18H,3,6-7,10,16H2,1-2H3. The van der Waals surface area contributed by atoms with Gasteiger partial charge in [-0.3, -0.25) is 0 Å². The molecule has 4 nitrogen and oxygen atoms in total. The lowest BCUT2D eigenvalue weighted by Gasteiger charge is -2.25. The molecule has 0 aliphatic heterocycles. The average molecular weight is 247 g/mol. The number of benzene rings is 1. The van der Waals surface area contributed by atoms with Gasteiger partial charge in [-0.2, -0.15) is 5.26 Å². The van der Waals surface area contributed by atoms with Crippen molar-refractivity contribution in [1.29, 1.82) is 5.26 Å². The van der Waals surface area contributed by atoms with Crippen LogP contribution in [0, 0.1) is 16.7 Å². The van der Waals surface area contributed by atoms with Gasteiger partial charge in [-0.1, -0.05) is 13.8 Å². The molecule has 0 spiro atoms. The molecule has 0 fully saturated rings. The van der Waals surface area contributed by atoms with Crippen molar-refractivity contribution in [2.75, 3.05) is 24.2 Å². The molecule has 0 amide bonds. The second-order valence-electron chi connectivity index (χ2n) is 5.26. The molecule has 1 aromatic rings. The van der Waals surface area contributed by atoms with Crippen molar-refractivity contribution in [3.63, 3.8) is 0 Å². The van der Waals surface area contributed by atoms with Crippen LogP contribution in [0.15, 0.2) is 18.2 Å². The first-order valence-corrected chi connectivity index (χ1v) is 6.13.